The molecule has 0 saturated carbocycles. The fourth-order valence-electron chi connectivity index (χ4n) is 3.06. The molecule has 2 aromatic heterocycles. The molecule has 0 spiro atoms. The molecule has 1 fully saturated rings. The molecule has 3 rings (SSSR count). The first-order valence-electron chi connectivity index (χ1n) is 8.69. The van der Waals surface area contributed by atoms with Crippen molar-refractivity contribution in [3.63, 3.8) is 0 Å². The van der Waals surface area contributed by atoms with Crippen LogP contribution in [0, 0.1) is 13.8 Å². The number of rotatable bonds is 5. The molecule has 1 amide bonds. The second-order valence-corrected chi connectivity index (χ2v) is 6.81. The van der Waals surface area contributed by atoms with Gasteiger partial charge in [0.1, 0.15) is 12.1 Å². The average Bonchev–Trinajstić information content (AvgIpc) is 2.91. The van der Waals surface area contributed by atoms with Crippen LogP contribution < -0.4 is 5.32 Å². The van der Waals surface area contributed by atoms with Gasteiger partial charge >= 0.3 is 0 Å². The van der Waals surface area contributed by atoms with Crippen LogP contribution in [-0.4, -0.2) is 32.3 Å². The zero-order chi connectivity index (χ0) is 17.9. The summed E-state index contributed by atoms with van der Waals surface area (Å²) < 4.78 is 7.56. The maximum Gasteiger partial charge on any atom is 0.242 e. The van der Waals surface area contributed by atoms with Gasteiger partial charge in [-0.1, -0.05) is 0 Å². The molecule has 1 saturated heterocycles. The standard InChI is InChI=1S/C18H25N5O2/c1-13-8-14(2)23(22-13)12-16(24)19-9-15-10-20-17(21-11-15)18(3)6-4-5-7-25-18/h8,10-11H,4-7,9,12H2,1-3H3,(H,19,24)/t18-/m1/s1. The number of amides is 1. The second kappa shape index (κ2) is 7.31. The summed E-state index contributed by atoms with van der Waals surface area (Å²) >= 11 is 0. The summed E-state index contributed by atoms with van der Waals surface area (Å²) in [7, 11) is 0. The Labute approximate surface area is 147 Å². The van der Waals surface area contributed by atoms with E-state index >= 15 is 0 Å². The molecule has 2 aromatic rings. The van der Waals surface area contributed by atoms with Crippen molar-refractivity contribution in [2.75, 3.05) is 6.61 Å². The Hall–Kier alpha value is -2.28. The van der Waals surface area contributed by atoms with E-state index in [-0.39, 0.29) is 12.5 Å². The Morgan fingerprint density at radius 3 is 2.68 bits per heavy atom. The lowest BCUT2D eigenvalue weighted by Crippen LogP contribution is -2.32. The molecule has 134 valence electrons. The zero-order valence-electron chi connectivity index (χ0n) is 15.1. The van der Waals surface area contributed by atoms with Gasteiger partial charge in [-0.2, -0.15) is 5.10 Å². The van der Waals surface area contributed by atoms with Crippen LogP contribution in [0.15, 0.2) is 18.5 Å². The van der Waals surface area contributed by atoms with E-state index in [0.29, 0.717) is 12.4 Å². The molecular formula is C18H25N5O2. The van der Waals surface area contributed by atoms with Crippen LogP contribution in [0.3, 0.4) is 0 Å². The minimum atomic E-state index is -0.393. The van der Waals surface area contributed by atoms with E-state index in [0.717, 1.165) is 42.8 Å². The van der Waals surface area contributed by atoms with Crippen molar-refractivity contribution in [3.05, 3.63) is 41.2 Å². The minimum absolute atomic E-state index is 0.0853. The van der Waals surface area contributed by atoms with Crippen molar-refractivity contribution in [2.45, 2.75) is 58.7 Å². The first-order valence-corrected chi connectivity index (χ1v) is 8.69. The minimum Gasteiger partial charge on any atom is -0.367 e. The third kappa shape index (κ3) is 4.22. The number of ether oxygens (including phenoxy) is 1. The van der Waals surface area contributed by atoms with Gasteiger partial charge in [-0.05, 0) is 46.1 Å². The lowest BCUT2D eigenvalue weighted by molar-refractivity contribution is -0.122. The van der Waals surface area contributed by atoms with Crippen LogP contribution in [0.4, 0.5) is 0 Å². The molecule has 0 unspecified atom stereocenters. The quantitative estimate of drug-likeness (QED) is 0.898. The van der Waals surface area contributed by atoms with Gasteiger partial charge in [0.05, 0.1) is 5.69 Å². The van der Waals surface area contributed by atoms with Crippen LogP contribution >= 0.6 is 0 Å². The summed E-state index contributed by atoms with van der Waals surface area (Å²) in [4.78, 5) is 21.0. The van der Waals surface area contributed by atoms with Crippen LogP contribution in [0.5, 0.6) is 0 Å². The lowest BCUT2D eigenvalue weighted by atomic mass is 9.95. The Kier molecular flexibility index (Phi) is 5.13. The van der Waals surface area contributed by atoms with Gasteiger partial charge in [-0.3, -0.25) is 9.48 Å². The Bertz CT molecular complexity index is 732. The average molecular weight is 343 g/mol. The fourth-order valence-corrected chi connectivity index (χ4v) is 3.06. The number of nitrogens with zero attached hydrogens (tertiary/aromatic N) is 4. The number of carbonyl (C=O) groups is 1. The van der Waals surface area contributed by atoms with Gasteiger partial charge in [0.2, 0.25) is 5.91 Å². The Morgan fingerprint density at radius 2 is 2.08 bits per heavy atom. The van der Waals surface area contributed by atoms with E-state index in [2.05, 4.69) is 20.4 Å². The van der Waals surface area contributed by atoms with Crippen molar-refractivity contribution in [2.24, 2.45) is 0 Å². The van der Waals surface area contributed by atoms with E-state index < -0.39 is 5.60 Å². The van der Waals surface area contributed by atoms with E-state index in [1.165, 1.54) is 0 Å². The summed E-state index contributed by atoms with van der Waals surface area (Å²) in [5.74, 6) is 0.628. The van der Waals surface area contributed by atoms with Crippen LogP contribution in [-0.2, 0) is 28.2 Å². The molecule has 3 heterocycles. The smallest absolute Gasteiger partial charge is 0.242 e. The molecule has 1 aliphatic heterocycles. The summed E-state index contributed by atoms with van der Waals surface area (Å²) in [6, 6.07) is 1.95. The molecular weight excluding hydrogens is 318 g/mol. The lowest BCUT2D eigenvalue weighted by Gasteiger charge is -2.32. The number of carbonyl (C=O) groups excluding carboxylic acids is 1. The number of hydrogen-bond donors (Lipinski definition) is 1. The van der Waals surface area contributed by atoms with Gasteiger partial charge in [0, 0.05) is 36.8 Å². The predicted molar refractivity (Wildman–Crippen MR) is 92.7 cm³/mol. The van der Waals surface area contributed by atoms with Crippen LogP contribution in [0.2, 0.25) is 0 Å². The zero-order valence-corrected chi connectivity index (χ0v) is 15.1. The molecule has 1 atom stereocenters. The molecule has 25 heavy (non-hydrogen) atoms. The SMILES string of the molecule is Cc1cc(C)n(CC(=O)NCc2cnc([C@@]3(C)CCCCO3)nc2)n1. The van der Waals surface area contributed by atoms with Crippen molar-refractivity contribution >= 4 is 5.91 Å². The van der Waals surface area contributed by atoms with Crippen molar-refractivity contribution < 1.29 is 9.53 Å². The summed E-state index contributed by atoms with van der Waals surface area (Å²) in [6.45, 7) is 7.26. The maximum absolute atomic E-state index is 12.1. The molecule has 7 nitrogen and oxygen atoms in total. The van der Waals surface area contributed by atoms with Crippen LogP contribution in [0.1, 0.15) is 49.0 Å². The normalized spacial score (nSPS) is 20.4. The van der Waals surface area contributed by atoms with E-state index in [4.69, 9.17) is 4.74 Å². The number of nitrogens with one attached hydrogen (secondary N) is 1. The van der Waals surface area contributed by atoms with Crippen molar-refractivity contribution in [3.8, 4) is 0 Å². The highest BCUT2D eigenvalue weighted by Crippen LogP contribution is 2.32. The van der Waals surface area contributed by atoms with Crippen LogP contribution in [0.25, 0.3) is 0 Å². The molecule has 0 aliphatic carbocycles. The topological polar surface area (TPSA) is 81.9 Å². The Morgan fingerprint density at radius 1 is 1.32 bits per heavy atom. The monoisotopic (exact) mass is 343 g/mol. The summed E-state index contributed by atoms with van der Waals surface area (Å²) in [5.41, 5.74) is 2.36. The van der Waals surface area contributed by atoms with Gasteiger partial charge in [0.15, 0.2) is 5.82 Å². The van der Waals surface area contributed by atoms with Gasteiger partial charge in [-0.15, -0.1) is 0 Å². The van der Waals surface area contributed by atoms with E-state index in [1.54, 1.807) is 17.1 Å². The van der Waals surface area contributed by atoms with Crippen molar-refractivity contribution in [1.29, 1.82) is 0 Å². The number of aryl methyl sites for hydroxylation is 2. The third-order valence-electron chi connectivity index (χ3n) is 4.53. The number of aromatic nitrogens is 4. The highest BCUT2D eigenvalue weighted by molar-refractivity contribution is 5.75. The third-order valence-corrected chi connectivity index (χ3v) is 4.53. The molecule has 0 bridgehead atoms. The highest BCUT2D eigenvalue weighted by atomic mass is 16.5. The van der Waals surface area contributed by atoms with E-state index in [9.17, 15) is 4.79 Å². The van der Waals surface area contributed by atoms with E-state index in [1.807, 2.05) is 26.8 Å². The first-order chi connectivity index (χ1) is 12.0. The molecule has 0 aromatic carbocycles. The molecule has 7 heteroatoms. The Balaban J connectivity index is 1.55. The van der Waals surface area contributed by atoms with Crippen molar-refractivity contribution in [1.82, 2.24) is 25.1 Å². The number of hydrogen-bond acceptors (Lipinski definition) is 5. The largest absolute Gasteiger partial charge is 0.367 e. The van der Waals surface area contributed by atoms with Gasteiger partial charge in [0.25, 0.3) is 0 Å². The fraction of sp³-hybridized carbons (Fsp3) is 0.556. The van der Waals surface area contributed by atoms with Gasteiger partial charge in [-0.25, -0.2) is 9.97 Å². The molecule has 0 radical (unpaired) electrons. The maximum atomic E-state index is 12.1. The summed E-state index contributed by atoms with van der Waals surface area (Å²) in [5, 5.41) is 7.17. The predicted octanol–water partition coefficient (Wildman–Crippen LogP) is 2.02. The first kappa shape index (κ1) is 17.5. The van der Waals surface area contributed by atoms with Gasteiger partial charge < -0.3 is 10.1 Å². The molecule has 1 N–H and O–H groups in total. The molecule has 1 aliphatic rings. The second-order valence-electron chi connectivity index (χ2n) is 6.81. The summed E-state index contributed by atoms with van der Waals surface area (Å²) in [6.07, 6.45) is 6.68. The highest BCUT2D eigenvalue weighted by Gasteiger charge is 2.32.